The van der Waals surface area contributed by atoms with Crippen LogP contribution < -0.4 is 0 Å². The van der Waals surface area contributed by atoms with Crippen LogP contribution in [0.15, 0.2) is 36.5 Å². The summed E-state index contributed by atoms with van der Waals surface area (Å²) in [7, 11) is 0. The Bertz CT molecular complexity index is 1140. The van der Waals surface area contributed by atoms with E-state index in [-0.39, 0.29) is 31.1 Å². The molecule has 1 saturated carbocycles. The maximum atomic E-state index is 12.9. The lowest BCUT2D eigenvalue weighted by molar-refractivity contribution is -0.276. The Hall–Kier alpha value is -2.98. The van der Waals surface area contributed by atoms with Crippen molar-refractivity contribution in [1.29, 1.82) is 0 Å². The van der Waals surface area contributed by atoms with Crippen molar-refractivity contribution >= 4 is 23.9 Å². The zero-order valence-corrected chi connectivity index (χ0v) is 26.6. The van der Waals surface area contributed by atoms with Gasteiger partial charge in [-0.3, -0.25) is 23.9 Å². The number of carbonyl (C=O) groups is 4. The molecule has 10 nitrogen and oxygen atoms in total. The molecule has 0 aromatic heterocycles. The highest BCUT2D eigenvalue weighted by atomic mass is 16.8. The minimum Gasteiger partial charge on any atom is -0.459 e. The number of hydrogen-bond donors (Lipinski definition) is 1. The summed E-state index contributed by atoms with van der Waals surface area (Å²) in [6.07, 6.45) is -0.362. The maximum absolute atomic E-state index is 12.9. The first-order valence-corrected chi connectivity index (χ1v) is 15.2. The van der Waals surface area contributed by atoms with Gasteiger partial charge in [-0.15, -0.1) is 0 Å². The number of rotatable bonds is 12. The molecule has 2 fully saturated rings. The third kappa shape index (κ3) is 6.90. The smallest absolute Gasteiger partial charge is 0.308 e. The highest BCUT2D eigenvalue weighted by Crippen LogP contribution is 2.67. The fraction of sp³-hybridized carbons (Fsp3) is 0.697. The van der Waals surface area contributed by atoms with E-state index in [2.05, 4.69) is 13.2 Å². The van der Waals surface area contributed by atoms with E-state index in [1.54, 1.807) is 12.2 Å². The summed E-state index contributed by atoms with van der Waals surface area (Å²) >= 11 is 0. The molecule has 3 aliphatic rings. The normalized spacial score (nSPS) is 34.7. The lowest BCUT2D eigenvalue weighted by Gasteiger charge is -2.62. The Morgan fingerprint density at radius 3 is 2.30 bits per heavy atom. The Balaban J connectivity index is 2.29. The van der Waals surface area contributed by atoms with E-state index in [1.165, 1.54) is 13.8 Å². The number of aliphatic hydroxyl groups excluding tert-OH is 1. The van der Waals surface area contributed by atoms with Crippen LogP contribution >= 0.6 is 0 Å². The van der Waals surface area contributed by atoms with Crippen molar-refractivity contribution in [2.75, 3.05) is 0 Å². The molecular weight excluding hydrogens is 556 g/mol. The summed E-state index contributed by atoms with van der Waals surface area (Å²) in [6, 6.07) is 0. The fourth-order valence-corrected chi connectivity index (χ4v) is 7.17. The van der Waals surface area contributed by atoms with E-state index in [0.29, 0.717) is 24.8 Å². The van der Waals surface area contributed by atoms with Crippen LogP contribution in [0.2, 0.25) is 0 Å². The molecule has 9 unspecified atom stereocenters. The van der Waals surface area contributed by atoms with Gasteiger partial charge in [-0.05, 0) is 49.0 Å². The summed E-state index contributed by atoms with van der Waals surface area (Å²) in [5.74, 6) is -3.04. The number of esters is 4. The second-order valence-electron chi connectivity index (χ2n) is 12.8. The van der Waals surface area contributed by atoms with Crippen LogP contribution in [0.4, 0.5) is 0 Å². The predicted octanol–water partition coefficient (Wildman–Crippen LogP) is 4.94. The molecule has 1 heterocycles. The molecule has 2 aliphatic carbocycles. The van der Waals surface area contributed by atoms with Gasteiger partial charge in [0.25, 0.3) is 0 Å². The molecular formula is C33H48O10. The van der Waals surface area contributed by atoms with Crippen LogP contribution in [0.25, 0.3) is 0 Å². The van der Waals surface area contributed by atoms with Crippen molar-refractivity contribution in [3.8, 4) is 0 Å². The van der Waals surface area contributed by atoms with Crippen LogP contribution in [0, 0.1) is 28.6 Å². The van der Waals surface area contributed by atoms with Crippen LogP contribution in [0.5, 0.6) is 0 Å². The summed E-state index contributed by atoms with van der Waals surface area (Å²) in [4.78, 5) is 50.4. The van der Waals surface area contributed by atoms with Gasteiger partial charge < -0.3 is 24.1 Å². The second-order valence-corrected chi connectivity index (χ2v) is 12.8. The zero-order chi connectivity index (χ0) is 32.3. The van der Waals surface area contributed by atoms with Gasteiger partial charge in [-0.2, -0.15) is 0 Å². The molecule has 9 atom stereocenters. The standard InChI is InChI=1S/C33H48O10/c1-10-12-26(36)42-30-24-16-23(41-27(37)15-18(3)4)17-25-32(9,14-13-19(5)11-2)20(6)28(39-21(7)34)29(38)33(24,25)31(43-30)40-22(8)35/h11,16,18,20,23,25,28-31,38H,2,5,10,12-15,17H2,1,3-4,6-9H3. The molecule has 0 aromatic carbocycles. The van der Waals surface area contributed by atoms with Gasteiger partial charge in [0, 0.05) is 38.2 Å². The van der Waals surface area contributed by atoms with Crippen molar-refractivity contribution in [2.24, 2.45) is 28.6 Å². The summed E-state index contributed by atoms with van der Waals surface area (Å²) in [6.45, 7) is 20.0. The number of ether oxygens (including phenoxy) is 5. The monoisotopic (exact) mass is 604 g/mol. The van der Waals surface area contributed by atoms with E-state index in [1.807, 2.05) is 34.6 Å². The average molecular weight is 605 g/mol. The third-order valence-corrected chi connectivity index (χ3v) is 9.33. The molecule has 1 saturated heterocycles. The molecule has 3 rings (SSSR count). The van der Waals surface area contributed by atoms with E-state index in [9.17, 15) is 24.3 Å². The maximum Gasteiger partial charge on any atom is 0.308 e. The highest BCUT2D eigenvalue weighted by molar-refractivity contribution is 5.71. The van der Waals surface area contributed by atoms with Gasteiger partial charge in [0.2, 0.25) is 12.6 Å². The van der Waals surface area contributed by atoms with Crippen molar-refractivity contribution in [3.05, 3.63) is 36.5 Å². The third-order valence-electron chi connectivity index (χ3n) is 9.33. The quantitative estimate of drug-likeness (QED) is 0.141. The van der Waals surface area contributed by atoms with Gasteiger partial charge in [0.15, 0.2) is 0 Å². The number of allylic oxidation sites excluding steroid dienone is 2. The van der Waals surface area contributed by atoms with E-state index in [0.717, 1.165) is 5.57 Å². The Morgan fingerprint density at radius 1 is 1.09 bits per heavy atom. The van der Waals surface area contributed by atoms with Crippen LogP contribution in [-0.2, 0) is 42.9 Å². The van der Waals surface area contributed by atoms with Gasteiger partial charge in [0.1, 0.15) is 18.3 Å². The van der Waals surface area contributed by atoms with Crippen molar-refractivity contribution in [2.45, 2.75) is 118 Å². The van der Waals surface area contributed by atoms with Crippen LogP contribution in [0.3, 0.4) is 0 Å². The van der Waals surface area contributed by atoms with E-state index >= 15 is 0 Å². The lowest BCUT2D eigenvalue weighted by atomic mass is 9.44. The number of carbonyl (C=O) groups excluding carboxylic acids is 4. The number of aliphatic hydroxyl groups is 1. The van der Waals surface area contributed by atoms with Crippen molar-refractivity contribution < 1.29 is 48.0 Å². The molecule has 10 heteroatoms. The van der Waals surface area contributed by atoms with Crippen molar-refractivity contribution in [1.82, 2.24) is 0 Å². The predicted molar refractivity (Wildman–Crippen MR) is 157 cm³/mol. The van der Waals surface area contributed by atoms with Gasteiger partial charge in [0.05, 0.1) is 5.41 Å². The summed E-state index contributed by atoms with van der Waals surface area (Å²) in [5.41, 5.74) is -1.07. The highest BCUT2D eigenvalue weighted by Gasteiger charge is 2.74. The molecule has 43 heavy (non-hydrogen) atoms. The first-order valence-electron chi connectivity index (χ1n) is 15.2. The second kappa shape index (κ2) is 13.8. The van der Waals surface area contributed by atoms with Gasteiger partial charge in [-0.25, -0.2) is 0 Å². The summed E-state index contributed by atoms with van der Waals surface area (Å²) in [5, 5.41) is 12.3. The minimum atomic E-state index is -1.49. The molecule has 0 radical (unpaired) electrons. The lowest BCUT2D eigenvalue weighted by Crippen LogP contribution is -2.68. The first kappa shape index (κ1) is 34.5. The van der Waals surface area contributed by atoms with Gasteiger partial charge in [-0.1, -0.05) is 59.4 Å². The Labute approximate surface area is 254 Å². The van der Waals surface area contributed by atoms with E-state index in [4.69, 9.17) is 23.7 Å². The largest absolute Gasteiger partial charge is 0.459 e. The molecule has 0 aromatic rings. The molecule has 1 aliphatic heterocycles. The Kier molecular flexibility index (Phi) is 11.0. The van der Waals surface area contributed by atoms with Gasteiger partial charge >= 0.3 is 23.9 Å². The molecule has 0 amide bonds. The molecule has 0 bridgehead atoms. The van der Waals surface area contributed by atoms with Crippen LogP contribution in [-0.4, -0.2) is 59.9 Å². The summed E-state index contributed by atoms with van der Waals surface area (Å²) < 4.78 is 29.4. The molecule has 1 N–H and O–H groups in total. The number of hydrogen-bond acceptors (Lipinski definition) is 10. The zero-order valence-electron chi connectivity index (χ0n) is 26.6. The fourth-order valence-electron chi connectivity index (χ4n) is 7.17. The first-order chi connectivity index (χ1) is 20.1. The Morgan fingerprint density at radius 2 is 1.74 bits per heavy atom. The van der Waals surface area contributed by atoms with Crippen molar-refractivity contribution in [3.63, 3.8) is 0 Å². The average Bonchev–Trinajstić information content (AvgIpc) is 3.20. The van der Waals surface area contributed by atoms with E-state index < -0.39 is 71.5 Å². The van der Waals surface area contributed by atoms with Crippen LogP contribution in [0.1, 0.15) is 87.0 Å². The minimum absolute atomic E-state index is 0.0740. The SMILES string of the molecule is C=CC(=C)CCC1(C)C(C)C(OC(C)=O)C(O)C23C(=CC(OC(=O)CC(C)C)CC12)C(OC(=O)CCC)OC3OC(C)=O. The molecule has 1 spiro atoms. The topological polar surface area (TPSA) is 135 Å². The molecule has 240 valence electrons.